The molecule has 0 aliphatic carbocycles. The number of halogens is 1. The van der Waals surface area contributed by atoms with Crippen LogP contribution in [0.3, 0.4) is 0 Å². The first-order valence-electron chi connectivity index (χ1n) is 5.52. The van der Waals surface area contributed by atoms with Crippen LogP contribution in [-0.2, 0) is 0 Å². The molecule has 0 aliphatic heterocycles. The van der Waals surface area contributed by atoms with Gasteiger partial charge in [0.2, 0.25) is 0 Å². The van der Waals surface area contributed by atoms with Crippen LogP contribution in [0.4, 0.5) is 0 Å². The lowest BCUT2D eigenvalue weighted by Crippen LogP contribution is -2.33. The number of nitriles is 1. The minimum absolute atomic E-state index is 0.0881. The fourth-order valence-corrected chi connectivity index (χ4v) is 2.28. The van der Waals surface area contributed by atoms with Gasteiger partial charge in [0.05, 0.1) is 22.2 Å². The fourth-order valence-electron chi connectivity index (χ4n) is 1.32. The Morgan fingerprint density at radius 3 is 2.82 bits per heavy atom. The van der Waals surface area contributed by atoms with Gasteiger partial charge in [0.25, 0.3) is 0 Å². The molecule has 0 radical (unpaired) electrons. The van der Waals surface area contributed by atoms with Crippen molar-refractivity contribution in [1.82, 2.24) is 10.3 Å². The highest BCUT2D eigenvalue weighted by Gasteiger charge is 2.08. The number of thioether (sulfide) groups is 1. The van der Waals surface area contributed by atoms with Crippen molar-refractivity contribution in [2.45, 2.75) is 37.4 Å². The first-order chi connectivity index (χ1) is 8.11. The van der Waals surface area contributed by atoms with E-state index in [4.69, 9.17) is 16.9 Å². The first-order valence-corrected chi connectivity index (χ1v) is 6.88. The summed E-state index contributed by atoms with van der Waals surface area (Å²) >= 11 is 7.39. The van der Waals surface area contributed by atoms with E-state index in [1.807, 2.05) is 26.0 Å². The third-order valence-electron chi connectivity index (χ3n) is 2.05. The average Bonchev–Trinajstić information content (AvgIpc) is 2.30. The lowest BCUT2D eigenvalue weighted by atomic mass is 10.2. The number of aromatic nitrogens is 1. The van der Waals surface area contributed by atoms with Crippen molar-refractivity contribution in [1.29, 1.82) is 5.26 Å². The van der Waals surface area contributed by atoms with E-state index >= 15 is 0 Å². The van der Waals surface area contributed by atoms with Crippen LogP contribution < -0.4 is 5.32 Å². The molecular formula is C12H16ClN3S. The molecule has 17 heavy (non-hydrogen) atoms. The van der Waals surface area contributed by atoms with Gasteiger partial charge in [0, 0.05) is 18.0 Å². The molecular weight excluding hydrogens is 254 g/mol. The largest absolute Gasteiger partial charge is 0.300 e. The molecule has 1 atom stereocenters. The molecule has 1 unspecified atom stereocenters. The molecule has 5 heteroatoms. The van der Waals surface area contributed by atoms with Gasteiger partial charge >= 0.3 is 0 Å². The van der Waals surface area contributed by atoms with Gasteiger partial charge in [0.1, 0.15) is 0 Å². The Kier molecular flexibility index (Phi) is 6.35. The van der Waals surface area contributed by atoms with Crippen LogP contribution in [0.5, 0.6) is 0 Å². The van der Waals surface area contributed by atoms with Crippen LogP contribution in [-0.4, -0.2) is 22.8 Å². The Hall–Kier alpha value is -0.760. The minimum atomic E-state index is -0.0881. The van der Waals surface area contributed by atoms with E-state index in [2.05, 4.69) is 16.4 Å². The summed E-state index contributed by atoms with van der Waals surface area (Å²) < 4.78 is 0. The van der Waals surface area contributed by atoms with Gasteiger partial charge in [0.15, 0.2) is 0 Å². The third kappa shape index (κ3) is 5.92. The van der Waals surface area contributed by atoms with Crippen molar-refractivity contribution in [3.05, 3.63) is 23.4 Å². The van der Waals surface area contributed by atoms with Gasteiger partial charge in [-0.15, -0.1) is 11.8 Å². The maximum atomic E-state index is 8.95. The maximum absolute atomic E-state index is 8.95. The Labute approximate surface area is 112 Å². The van der Waals surface area contributed by atoms with Crippen molar-refractivity contribution in [3.63, 3.8) is 0 Å². The molecule has 3 nitrogen and oxygen atoms in total. The number of pyridine rings is 1. The SMILES string of the molecule is CC(C)NC(C#N)CCSc1ccc(Cl)cn1. The highest BCUT2D eigenvalue weighted by atomic mass is 35.5. The molecule has 0 fully saturated rings. The molecule has 0 saturated heterocycles. The summed E-state index contributed by atoms with van der Waals surface area (Å²) in [6, 6.07) is 6.22. The smallest absolute Gasteiger partial charge is 0.0962 e. The lowest BCUT2D eigenvalue weighted by Gasteiger charge is -2.13. The number of hydrogen-bond donors (Lipinski definition) is 1. The Bertz CT molecular complexity index is 372. The van der Waals surface area contributed by atoms with E-state index in [1.54, 1.807) is 18.0 Å². The van der Waals surface area contributed by atoms with Gasteiger partial charge < -0.3 is 0 Å². The monoisotopic (exact) mass is 269 g/mol. The summed E-state index contributed by atoms with van der Waals surface area (Å²) in [6.45, 7) is 4.08. The van der Waals surface area contributed by atoms with Crippen LogP contribution in [0.25, 0.3) is 0 Å². The maximum Gasteiger partial charge on any atom is 0.0962 e. The van der Waals surface area contributed by atoms with Gasteiger partial charge in [-0.25, -0.2) is 4.98 Å². The number of hydrogen-bond acceptors (Lipinski definition) is 4. The van der Waals surface area contributed by atoms with Crippen LogP contribution in [0, 0.1) is 11.3 Å². The van der Waals surface area contributed by atoms with Crippen molar-refractivity contribution in [2.24, 2.45) is 0 Å². The molecule has 0 spiro atoms. The van der Waals surface area contributed by atoms with Crippen LogP contribution >= 0.6 is 23.4 Å². The molecule has 1 N–H and O–H groups in total. The number of rotatable bonds is 6. The Morgan fingerprint density at radius 1 is 1.53 bits per heavy atom. The topological polar surface area (TPSA) is 48.7 Å². The van der Waals surface area contributed by atoms with Crippen LogP contribution in [0.2, 0.25) is 5.02 Å². The predicted molar refractivity (Wildman–Crippen MR) is 72.3 cm³/mol. The zero-order valence-electron chi connectivity index (χ0n) is 9.98. The van der Waals surface area contributed by atoms with E-state index in [0.717, 1.165) is 17.2 Å². The van der Waals surface area contributed by atoms with Gasteiger partial charge in [-0.2, -0.15) is 5.26 Å². The standard InChI is InChI=1S/C12H16ClN3S/c1-9(2)16-11(7-14)5-6-17-12-4-3-10(13)8-15-12/h3-4,8-9,11,16H,5-6H2,1-2H3. The van der Waals surface area contributed by atoms with E-state index in [-0.39, 0.29) is 6.04 Å². The number of nitrogens with zero attached hydrogens (tertiary/aromatic N) is 2. The van der Waals surface area contributed by atoms with Crippen LogP contribution in [0.1, 0.15) is 20.3 Å². The third-order valence-corrected chi connectivity index (χ3v) is 3.25. The number of nitrogens with one attached hydrogen (secondary N) is 1. The second-order valence-electron chi connectivity index (χ2n) is 3.95. The summed E-state index contributed by atoms with van der Waals surface area (Å²) in [5, 5.41) is 13.7. The minimum Gasteiger partial charge on any atom is -0.300 e. The first kappa shape index (κ1) is 14.3. The lowest BCUT2D eigenvalue weighted by molar-refractivity contribution is 0.522. The molecule has 0 amide bonds. The van der Waals surface area contributed by atoms with E-state index in [1.165, 1.54) is 0 Å². The molecule has 0 bridgehead atoms. The fraction of sp³-hybridized carbons (Fsp3) is 0.500. The molecule has 92 valence electrons. The van der Waals surface area contributed by atoms with Crippen molar-refractivity contribution < 1.29 is 0 Å². The van der Waals surface area contributed by atoms with Gasteiger partial charge in [-0.1, -0.05) is 11.6 Å². The normalized spacial score (nSPS) is 12.4. The molecule has 1 heterocycles. The molecule has 1 aromatic heterocycles. The Morgan fingerprint density at radius 2 is 2.29 bits per heavy atom. The van der Waals surface area contributed by atoms with Crippen molar-refractivity contribution in [3.8, 4) is 6.07 Å². The molecule has 0 aromatic carbocycles. The van der Waals surface area contributed by atoms with Crippen molar-refractivity contribution in [2.75, 3.05) is 5.75 Å². The van der Waals surface area contributed by atoms with Gasteiger partial charge in [-0.3, -0.25) is 5.32 Å². The van der Waals surface area contributed by atoms with E-state index in [0.29, 0.717) is 11.1 Å². The zero-order chi connectivity index (χ0) is 12.7. The summed E-state index contributed by atoms with van der Waals surface area (Å²) in [7, 11) is 0. The zero-order valence-corrected chi connectivity index (χ0v) is 11.6. The quantitative estimate of drug-likeness (QED) is 0.806. The predicted octanol–water partition coefficient (Wildman–Crippen LogP) is 3.11. The highest BCUT2D eigenvalue weighted by molar-refractivity contribution is 7.99. The summed E-state index contributed by atoms with van der Waals surface area (Å²) in [5.41, 5.74) is 0. The second-order valence-corrected chi connectivity index (χ2v) is 5.51. The van der Waals surface area contributed by atoms with Gasteiger partial charge in [-0.05, 0) is 32.4 Å². The van der Waals surface area contributed by atoms with E-state index in [9.17, 15) is 0 Å². The summed E-state index contributed by atoms with van der Waals surface area (Å²) in [6.07, 6.45) is 2.45. The molecule has 0 saturated carbocycles. The molecule has 0 aliphatic rings. The average molecular weight is 270 g/mol. The summed E-state index contributed by atoms with van der Waals surface area (Å²) in [5.74, 6) is 0.868. The molecule has 1 aromatic rings. The highest BCUT2D eigenvalue weighted by Crippen LogP contribution is 2.18. The second kappa shape index (κ2) is 7.54. The molecule has 1 rings (SSSR count). The van der Waals surface area contributed by atoms with Crippen LogP contribution in [0.15, 0.2) is 23.4 Å². The van der Waals surface area contributed by atoms with Crippen molar-refractivity contribution >= 4 is 23.4 Å². The summed E-state index contributed by atoms with van der Waals surface area (Å²) in [4.78, 5) is 4.19. The Balaban J connectivity index is 2.31. The van der Waals surface area contributed by atoms with E-state index < -0.39 is 0 Å².